The van der Waals surface area contributed by atoms with E-state index in [0.717, 1.165) is 0 Å². The largest absolute Gasteiger partial charge is 0.371 e. The lowest BCUT2D eigenvalue weighted by molar-refractivity contribution is 0.266. The second-order valence-electron chi connectivity index (χ2n) is 3.15. The summed E-state index contributed by atoms with van der Waals surface area (Å²) in [5.41, 5.74) is 0. The van der Waals surface area contributed by atoms with Gasteiger partial charge in [0.25, 0.3) is 10.1 Å². The van der Waals surface area contributed by atoms with Crippen molar-refractivity contribution in [2.45, 2.75) is 11.0 Å². The van der Waals surface area contributed by atoms with Crippen molar-refractivity contribution in [1.29, 1.82) is 0 Å². The maximum Gasteiger partial charge on any atom is 0.297 e. The predicted octanol–water partition coefficient (Wildman–Crippen LogP) is 1.44. The van der Waals surface area contributed by atoms with E-state index in [4.69, 9.17) is 20.5 Å². The molecule has 1 aromatic carbocycles. The number of halogens is 1. The van der Waals surface area contributed by atoms with Gasteiger partial charge in [-0.1, -0.05) is 17.7 Å². The average Bonchev–Trinajstić information content (AvgIpc) is 2.98. The highest BCUT2D eigenvalue weighted by Gasteiger charge is 2.26. The van der Waals surface area contributed by atoms with Gasteiger partial charge in [-0.25, -0.2) is 0 Å². The zero-order valence-electron chi connectivity index (χ0n) is 7.72. The Morgan fingerprint density at radius 3 is 2.87 bits per heavy atom. The Morgan fingerprint density at radius 1 is 1.53 bits per heavy atom. The maximum absolute atomic E-state index is 11.6. The van der Waals surface area contributed by atoms with Crippen LogP contribution in [0.4, 0.5) is 0 Å². The summed E-state index contributed by atoms with van der Waals surface area (Å²) < 4.78 is 32.8. The zero-order valence-corrected chi connectivity index (χ0v) is 9.29. The molecule has 4 nitrogen and oxygen atoms in total. The first-order valence-corrected chi connectivity index (χ1v) is 6.13. The minimum atomic E-state index is -3.70. The Balaban J connectivity index is 2.12. The molecule has 0 radical (unpaired) electrons. The summed E-state index contributed by atoms with van der Waals surface area (Å²) in [6.07, 6.45) is -0.0843. The molecule has 0 amide bonds. The fourth-order valence-electron chi connectivity index (χ4n) is 1.02. The van der Waals surface area contributed by atoms with Gasteiger partial charge in [-0.2, -0.15) is 8.42 Å². The summed E-state index contributed by atoms with van der Waals surface area (Å²) in [6.45, 7) is 0.625. The van der Waals surface area contributed by atoms with Gasteiger partial charge in [-0.05, 0) is 18.2 Å². The van der Waals surface area contributed by atoms with E-state index in [1.807, 2.05) is 0 Å². The Bertz CT molecular complexity index is 453. The monoisotopic (exact) mass is 248 g/mol. The molecule has 1 fully saturated rings. The molecule has 1 atom stereocenters. The molecule has 1 aliphatic rings. The van der Waals surface area contributed by atoms with Gasteiger partial charge in [0.05, 0.1) is 18.1 Å². The van der Waals surface area contributed by atoms with Gasteiger partial charge in [0.2, 0.25) is 0 Å². The lowest BCUT2D eigenvalue weighted by Crippen LogP contribution is -2.10. The average molecular weight is 249 g/mol. The van der Waals surface area contributed by atoms with E-state index < -0.39 is 10.1 Å². The Kier molecular flexibility index (Phi) is 2.97. The van der Waals surface area contributed by atoms with Gasteiger partial charge < -0.3 is 4.74 Å². The van der Waals surface area contributed by atoms with Crippen molar-refractivity contribution in [3.05, 3.63) is 29.3 Å². The molecule has 0 N–H and O–H groups in total. The van der Waals surface area contributed by atoms with Crippen LogP contribution in [0.1, 0.15) is 0 Å². The van der Waals surface area contributed by atoms with E-state index >= 15 is 0 Å². The molecule has 1 heterocycles. The summed E-state index contributed by atoms with van der Waals surface area (Å²) in [5, 5.41) is 0.363. The third kappa shape index (κ3) is 2.92. The molecular weight excluding hydrogens is 240 g/mol. The second-order valence-corrected chi connectivity index (χ2v) is 5.20. The van der Waals surface area contributed by atoms with Gasteiger partial charge in [0, 0.05) is 5.02 Å². The first-order chi connectivity index (χ1) is 7.08. The van der Waals surface area contributed by atoms with Crippen molar-refractivity contribution >= 4 is 21.7 Å². The standard InChI is InChI=1S/C9H9ClO4S/c10-7-2-1-3-9(4-7)15(11,12)14-6-8-5-13-8/h1-4,8H,5-6H2. The smallest absolute Gasteiger partial charge is 0.297 e. The highest BCUT2D eigenvalue weighted by Crippen LogP contribution is 2.19. The highest BCUT2D eigenvalue weighted by molar-refractivity contribution is 7.86. The predicted molar refractivity (Wildman–Crippen MR) is 54.3 cm³/mol. The molecule has 0 aliphatic carbocycles. The summed E-state index contributed by atoms with van der Waals surface area (Å²) in [7, 11) is -3.70. The van der Waals surface area contributed by atoms with Crippen molar-refractivity contribution < 1.29 is 17.3 Å². The van der Waals surface area contributed by atoms with E-state index in [0.29, 0.717) is 11.6 Å². The van der Waals surface area contributed by atoms with Gasteiger partial charge >= 0.3 is 0 Å². The number of hydrogen-bond acceptors (Lipinski definition) is 4. The molecule has 1 saturated heterocycles. The highest BCUT2D eigenvalue weighted by atomic mass is 35.5. The molecular formula is C9H9ClO4S. The molecule has 0 saturated carbocycles. The first kappa shape index (κ1) is 10.9. The van der Waals surface area contributed by atoms with E-state index in [9.17, 15) is 8.42 Å². The van der Waals surface area contributed by atoms with Crippen LogP contribution in [0.3, 0.4) is 0 Å². The van der Waals surface area contributed by atoms with E-state index in [-0.39, 0.29) is 17.6 Å². The van der Waals surface area contributed by atoms with Crippen LogP contribution >= 0.6 is 11.6 Å². The van der Waals surface area contributed by atoms with Gasteiger partial charge in [-0.3, -0.25) is 4.18 Å². The fourth-order valence-corrected chi connectivity index (χ4v) is 2.26. The third-order valence-corrected chi connectivity index (χ3v) is 3.41. The van der Waals surface area contributed by atoms with E-state index in [1.165, 1.54) is 12.1 Å². The topological polar surface area (TPSA) is 55.9 Å². The molecule has 15 heavy (non-hydrogen) atoms. The SMILES string of the molecule is O=S(=O)(OCC1CO1)c1cccc(Cl)c1. The molecule has 0 bridgehead atoms. The number of rotatable bonds is 4. The lowest BCUT2D eigenvalue weighted by Gasteiger charge is -2.03. The van der Waals surface area contributed by atoms with Crippen LogP contribution in [0.25, 0.3) is 0 Å². The molecule has 2 rings (SSSR count). The molecule has 0 spiro atoms. The van der Waals surface area contributed by atoms with Crippen molar-refractivity contribution in [1.82, 2.24) is 0 Å². The van der Waals surface area contributed by atoms with Crippen LogP contribution in [0, 0.1) is 0 Å². The van der Waals surface area contributed by atoms with E-state index in [2.05, 4.69) is 0 Å². The van der Waals surface area contributed by atoms with Gasteiger partial charge in [-0.15, -0.1) is 0 Å². The third-order valence-electron chi connectivity index (χ3n) is 1.90. The number of hydrogen-bond donors (Lipinski definition) is 0. The first-order valence-electron chi connectivity index (χ1n) is 4.34. The maximum atomic E-state index is 11.6. The van der Waals surface area contributed by atoms with Crippen LogP contribution < -0.4 is 0 Å². The second kappa shape index (κ2) is 4.09. The minimum Gasteiger partial charge on any atom is -0.371 e. The van der Waals surface area contributed by atoms with Gasteiger partial charge in [0.15, 0.2) is 0 Å². The normalized spacial score (nSPS) is 20.2. The van der Waals surface area contributed by atoms with E-state index in [1.54, 1.807) is 12.1 Å². The molecule has 0 aromatic heterocycles. The summed E-state index contributed by atoms with van der Waals surface area (Å²) in [4.78, 5) is 0.0654. The van der Waals surface area contributed by atoms with Crippen molar-refractivity contribution in [3.8, 4) is 0 Å². The Labute approximate surface area is 92.9 Å². The molecule has 1 aromatic rings. The Morgan fingerprint density at radius 2 is 2.27 bits per heavy atom. The minimum absolute atomic E-state index is 0.0643. The van der Waals surface area contributed by atoms with Crippen LogP contribution in [0.2, 0.25) is 5.02 Å². The zero-order chi connectivity index (χ0) is 10.9. The molecule has 6 heteroatoms. The molecule has 1 unspecified atom stereocenters. The quantitative estimate of drug-likeness (QED) is 0.598. The van der Waals surface area contributed by atoms with Crippen LogP contribution in [-0.4, -0.2) is 27.7 Å². The number of benzene rings is 1. The van der Waals surface area contributed by atoms with Crippen molar-refractivity contribution in [2.75, 3.05) is 13.2 Å². The number of epoxide rings is 1. The fraction of sp³-hybridized carbons (Fsp3) is 0.333. The Hall–Kier alpha value is -0.620. The summed E-state index contributed by atoms with van der Waals surface area (Å²) in [6, 6.07) is 5.95. The lowest BCUT2D eigenvalue weighted by atomic mass is 10.4. The van der Waals surface area contributed by atoms with Crippen LogP contribution in [0.5, 0.6) is 0 Å². The molecule has 1 aliphatic heterocycles. The molecule has 82 valence electrons. The van der Waals surface area contributed by atoms with Crippen LogP contribution in [0.15, 0.2) is 29.2 Å². The number of ether oxygens (including phenoxy) is 1. The van der Waals surface area contributed by atoms with Crippen molar-refractivity contribution in [2.24, 2.45) is 0 Å². The van der Waals surface area contributed by atoms with Crippen LogP contribution in [-0.2, 0) is 19.0 Å². The van der Waals surface area contributed by atoms with Crippen molar-refractivity contribution in [3.63, 3.8) is 0 Å². The summed E-state index contributed by atoms with van der Waals surface area (Å²) in [5.74, 6) is 0. The summed E-state index contributed by atoms with van der Waals surface area (Å²) >= 11 is 5.68. The van der Waals surface area contributed by atoms with Gasteiger partial charge in [0.1, 0.15) is 6.10 Å².